The van der Waals surface area contributed by atoms with E-state index in [1.807, 2.05) is 61.5 Å². The molecular weight excluding hydrogens is 326 g/mol. The quantitative estimate of drug-likeness (QED) is 0.568. The van der Waals surface area contributed by atoms with Crippen molar-refractivity contribution in [3.8, 4) is 11.8 Å². The first kappa shape index (κ1) is 19.1. The summed E-state index contributed by atoms with van der Waals surface area (Å²) in [6.45, 7) is 3.05. The standard InChI is InChI=1S/C21H23N3O2/c1-16-3-5-18(6-4-16)14-23-15-19(13-22)21(25)24-12-11-17-7-9-20(26-2)10-8-17/h3-10,15,23H,11-12,14H2,1-2H3,(H,24,25)/b19-15-. The molecule has 26 heavy (non-hydrogen) atoms. The highest BCUT2D eigenvalue weighted by Gasteiger charge is 2.08. The molecule has 2 aromatic carbocycles. The molecular formula is C21H23N3O2. The van der Waals surface area contributed by atoms with E-state index < -0.39 is 0 Å². The molecule has 0 radical (unpaired) electrons. The van der Waals surface area contributed by atoms with Crippen LogP contribution in [0.5, 0.6) is 5.75 Å². The van der Waals surface area contributed by atoms with Crippen molar-refractivity contribution < 1.29 is 9.53 Å². The van der Waals surface area contributed by atoms with E-state index in [9.17, 15) is 10.1 Å². The number of nitrogens with one attached hydrogen (secondary N) is 2. The second-order valence-corrected chi connectivity index (χ2v) is 5.89. The normalized spacial score (nSPS) is 10.7. The first-order valence-electron chi connectivity index (χ1n) is 8.42. The zero-order chi connectivity index (χ0) is 18.8. The Labute approximate surface area is 154 Å². The van der Waals surface area contributed by atoms with Crippen molar-refractivity contribution in [2.24, 2.45) is 0 Å². The van der Waals surface area contributed by atoms with Crippen molar-refractivity contribution >= 4 is 5.91 Å². The second kappa shape index (κ2) is 9.90. The van der Waals surface area contributed by atoms with Gasteiger partial charge >= 0.3 is 0 Å². The Morgan fingerprint density at radius 2 is 1.77 bits per heavy atom. The van der Waals surface area contributed by atoms with Gasteiger partial charge in [-0.15, -0.1) is 0 Å². The van der Waals surface area contributed by atoms with Crippen molar-refractivity contribution in [2.45, 2.75) is 19.9 Å². The van der Waals surface area contributed by atoms with Crippen LogP contribution < -0.4 is 15.4 Å². The second-order valence-electron chi connectivity index (χ2n) is 5.89. The maximum absolute atomic E-state index is 12.1. The van der Waals surface area contributed by atoms with Crippen molar-refractivity contribution in [3.05, 3.63) is 77.0 Å². The molecule has 2 aromatic rings. The summed E-state index contributed by atoms with van der Waals surface area (Å²) in [7, 11) is 1.62. The van der Waals surface area contributed by atoms with Gasteiger partial charge in [-0.05, 0) is 36.6 Å². The SMILES string of the molecule is COc1ccc(CCNC(=O)/C(C#N)=C\NCc2ccc(C)cc2)cc1. The van der Waals surface area contributed by atoms with Gasteiger partial charge in [0.2, 0.25) is 0 Å². The lowest BCUT2D eigenvalue weighted by atomic mass is 10.1. The molecule has 0 heterocycles. The third-order valence-electron chi connectivity index (χ3n) is 3.90. The molecule has 1 amide bonds. The minimum Gasteiger partial charge on any atom is -0.497 e. The Kier molecular flexibility index (Phi) is 7.26. The minimum absolute atomic E-state index is 0.0619. The fourth-order valence-corrected chi connectivity index (χ4v) is 2.33. The third kappa shape index (κ3) is 5.99. The molecule has 5 heteroatoms. The first-order valence-corrected chi connectivity index (χ1v) is 8.42. The number of amides is 1. The van der Waals surface area contributed by atoms with Crippen LogP contribution in [0.4, 0.5) is 0 Å². The summed E-state index contributed by atoms with van der Waals surface area (Å²) in [6, 6.07) is 17.7. The van der Waals surface area contributed by atoms with Crippen LogP contribution in [-0.4, -0.2) is 19.6 Å². The van der Waals surface area contributed by atoms with E-state index in [2.05, 4.69) is 10.6 Å². The molecule has 0 spiro atoms. The maximum Gasteiger partial charge on any atom is 0.263 e. The number of nitriles is 1. The molecule has 0 unspecified atom stereocenters. The molecule has 0 aliphatic heterocycles. The summed E-state index contributed by atoms with van der Waals surface area (Å²) in [4.78, 5) is 12.1. The van der Waals surface area contributed by atoms with Crippen LogP contribution in [-0.2, 0) is 17.8 Å². The number of ether oxygens (including phenoxy) is 1. The fraction of sp³-hybridized carbons (Fsp3) is 0.238. The summed E-state index contributed by atoms with van der Waals surface area (Å²) in [6.07, 6.45) is 2.15. The van der Waals surface area contributed by atoms with Gasteiger partial charge in [0, 0.05) is 19.3 Å². The summed E-state index contributed by atoms with van der Waals surface area (Å²) < 4.78 is 5.11. The number of rotatable bonds is 8. The number of methoxy groups -OCH3 is 1. The van der Waals surface area contributed by atoms with E-state index in [4.69, 9.17) is 4.74 Å². The van der Waals surface area contributed by atoms with E-state index in [0.29, 0.717) is 19.5 Å². The average Bonchev–Trinajstić information content (AvgIpc) is 2.67. The number of carbonyl (C=O) groups excluding carboxylic acids is 1. The molecule has 134 valence electrons. The van der Waals surface area contributed by atoms with Gasteiger partial charge < -0.3 is 15.4 Å². The summed E-state index contributed by atoms with van der Waals surface area (Å²) in [5.41, 5.74) is 3.43. The Bertz CT molecular complexity index is 788. The van der Waals surface area contributed by atoms with Gasteiger partial charge in [-0.2, -0.15) is 5.26 Å². The topological polar surface area (TPSA) is 74.1 Å². The summed E-state index contributed by atoms with van der Waals surface area (Å²) in [5.74, 6) is 0.421. The molecule has 0 atom stereocenters. The van der Waals surface area contributed by atoms with Crippen LogP contribution in [0.15, 0.2) is 60.3 Å². The van der Waals surface area contributed by atoms with Crippen LogP contribution >= 0.6 is 0 Å². The highest BCUT2D eigenvalue weighted by Crippen LogP contribution is 2.11. The Morgan fingerprint density at radius 1 is 1.12 bits per heavy atom. The van der Waals surface area contributed by atoms with E-state index in [1.165, 1.54) is 11.8 Å². The summed E-state index contributed by atoms with van der Waals surface area (Å²) >= 11 is 0. The molecule has 0 fully saturated rings. The van der Waals surface area contributed by atoms with Gasteiger partial charge in [0.05, 0.1) is 7.11 Å². The number of benzene rings is 2. The van der Waals surface area contributed by atoms with E-state index in [0.717, 1.165) is 16.9 Å². The lowest BCUT2D eigenvalue weighted by molar-refractivity contribution is -0.117. The smallest absolute Gasteiger partial charge is 0.263 e. The van der Waals surface area contributed by atoms with Crippen molar-refractivity contribution in [3.63, 3.8) is 0 Å². The van der Waals surface area contributed by atoms with Gasteiger partial charge in [-0.3, -0.25) is 4.79 Å². The number of aryl methyl sites for hydroxylation is 1. The molecule has 0 aromatic heterocycles. The summed E-state index contributed by atoms with van der Waals surface area (Å²) in [5, 5.41) is 15.0. The van der Waals surface area contributed by atoms with Gasteiger partial charge in [-0.1, -0.05) is 42.0 Å². The average molecular weight is 349 g/mol. The lowest BCUT2D eigenvalue weighted by Crippen LogP contribution is -2.27. The first-order chi connectivity index (χ1) is 12.6. The predicted molar refractivity (Wildman–Crippen MR) is 101 cm³/mol. The Balaban J connectivity index is 1.79. The van der Waals surface area contributed by atoms with Gasteiger partial charge in [0.15, 0.2) is 0 Å². The number of nitrogens with zero attached hydrogens (tertiary/aromatic N) is 1. The van der Waals surface area contributed by atoms with E-state index >= 15 is 0 Å². The van der Waals surface area contributed by atoms with Crippen LogP contribution in [0, 0.1) is 18.3 Å². The molecule has 0 aliphatic rings. The largest absolute Gasteiger partial charge is 0.497 e. The highest BCUT2D eigenvalue weighted by atomic mass is 16.5. The molecule has 0 bridgehead atoms. The monoisotopic (exact) mass is 349 g/mol. The molecule has 0 saturated heterocycles. The van der Waals surface area contributed by atoms with Crippen LogP contribution in [0.1, 0.15) is 16.7 Å². The third-order valence-corrected chi connectivity index (χ3v) is 3.90. The van der Waals surface area contributed by atoms with Crippen LogP contribution in [0.2, 0.25) is 0 Å². The number of hydrogen-bond donors (Lipinski definition) is 2. The van der Waals surface area contributed by atoms with Crippen molar-refractivity contribution in [1.82, 2.24) is 10.6 Å². The maximum atomic E-state index is 12.1. The zero-order valence-corrected chi connectivity index (χ0v) is 15.1. The van der Waals surface area contributed by atoms with E-state index in [1.54, 1.807) is 7.11 Å². The van der Waals surface area contributed by atoms with Crippen LogP contribution in [0.25, 0.3) is 0 Å². The predicted octanol–water partition coefficient (Wildman–Crippen LogP) is 2.86. The van der Waals surface area contributed by atoms with Gasteiger partial charge in [-0.25, -0.2) is 0 Å². The molecule has 0 aliphatic carbocycles. The number of hydrogen-bond acceptors (Lipinski definition) is 4. The van der Waals surface area contributed by atoms with Crippen LogP contribution in [0.3, 0.4) is 0 Å². The molecule has 0 saturated carbocycles. The van der Waals surface area contributed by atoms with Gasteiger partial charge in [0.25, 0.3) is 5.91 Å². The Morgan fingerprint density at radius 3 is 2.38 bits per heavy atom. The van der Waals surface area contributed by atoms with Crippen molar-refractivity contribution in [1.29, 1.82) is 5.26 Å². The Hall–Kier alpha value is -3.26. The number of carbonyl (C=O) groups is 1. The highest BCUT2D eigenvalue weighted by molar-refractivity contribution is 5.97. The minimum atomic E-state index is -0.377. The van der Waals surface area contributed by atoms with E-state index in [-0.39, 0.29) is 11.5 Å². The molecule has 5 nitrogen and oxygen atoms in total. The van der Waals surface area contributed by atoms with Crippen molar-refractivity contribution in [2.75, 3.05) is 13.7 Å². The zero-order valence-electron chi connectivity index (χ0n) is 15.1. The molecule has 2 N–H and O–H groups in total. The fourth-order valence-electron chi connectivity index (χ4n) is 2.33. The van der Waals surface area contributed by atoms with Gasteiger partial charge in [0.1, 0.15) is 17.4 Å². The molecule has 2 rings (SSSR count). The lowest BCUT2D eigenvalue weighted by Gasteiger charge is -2.06.